The molecule has 2 aromatic heterocycles. The van der Waals surface area contributed by atoms with E-state index in [-0.39, 0.29) is 5.82 Å². The summed E-state index contributed by atoms with van der Waals surface area (Å²) >= 11 is 0. The fourth-order valence-corrected chi connectivity index (χ4v) is 2.59. The quantitative estimate of drug-likeness (QED) is 0.801. The number of aromatic nitrogens is 3. The summed E-state index contributed by atoms with van der Waals surface area (Å²) in [4.78, 5) is 4.38. The molecule has 0 saturated heterocycles. The summed E-state index contributed by atoms with van der Waals surface area (Å²) < 4.78 is 7.03. The van der Waals surface area contributed by atoms with E-state index in [1.807, 2.05) is 44.3 Å². The summed E-state index contributed by atoms with van der Waals surface area (Å²) in [6.07, 6.45) is 1.74. The van der Waals surface area contributed by atoms with E-state index in [2.05, 4.69) is 16.2 Å². The molecule has 24 heavy (non-hydrogen) atoms. The van der Waals surface area contributed by atoms with E-state index in [0.29, 0.717) is 11.3 Å². The molecule has 2 N–H and O–H groups in total. The van der Waals surface area contributed by atoms with Gasteiger partial charge in [0, 0.05) is 29.4 Å². The Balaban J connectivity index is 2.24. The van der Waals surface area contributed by atoms with Crippen molar-refractivity contribution in [3.05, 3.63) is 47.8 Å². The zero-order valence-corrected chi connectivity index (χ0v) is 13.7. The third-order valence-electron chi connectivity index (χ3n) is 4.05. The normalized spacial score (nSPS) is 10.4. The molecular formula is C18H17N5O. The van der Waals surface area contributed by atoms with Crippen molar-refractivity contribution in [2.75, 3.05) is 12.8 Å². The minimum atomic E-state index is 0.205. The topological polar surface area (TPSA) is 89.8 Å². The highest BCUT2D eigenvalue weighted by Gasteiger charge is 2.17. The number of nitrogens with two attached hydrogens (primary N) is 1. The highest BCUT2D eigenvalue weighted by Crippen LogP contribution is 2.33. The number of nitriles is 1. The van der Waals surface area contributed by atoms with E-state index in [0.717, 1.165) is 28.1 Å². The summed E-state index contributed by atoms with van der Waals surface area (Å²) in [5, 5.41) is 13.7. The average molecular weight is 319 g/mol. The third kappa shape index (κ3) is 2.57. The van der Waals surface area contributed by atoms with Crippen LogP contribution in [0.4, 0.5) is 5.82 Å². The summed E-state index contributed by atoms with van der Waals surface area (Å²) in [5.41, 5.74) is 10.5. The molecule has 0 amide bonds. The van der Waals surface area contributed by atoms with Crippen molar-refractivity contribution in [2.24, 2.45) is 7.05 Å². The molecule has 0 atom stereocenters. The standard InChI is InChI=1S/C18H17N5O/c1-11-16(10-21-23(11)2)14-8-17(22-18(20)15(14)9-19)12-5-4-6-13(7-12)24-3/h4-8,10H,1-3H3,(H2,20,22). The Kier molecular flexibility index (Phi) is 3.92. The van der Waals surface area contributed by atoms with Gasteiger partial charge >= 0.3 is 0 Å². The van der Waals surface area contributed by atoms with Gasteiger partial charge in [0.25, 0.3) is 0 Å². The molecule has 0 aliphatic rings. The van der Waals surface area contributed by atoms with E-state index in [4.69, 9.17) is 10.5 Å². The van der Waals surface area contributed by atoms with Crippen molar-refractivity contribution in [1.29, 1.82) is 5.26 Å². The number of pyridine rings is 1. The molecular weight excluding hydrogens is 302 g/mol. The van der Waals surface area contributed by atoms with Crippen LogP contribution in [0.2, 0.25) is 0 Å². The summed E-state index contributed by atoms with van der Waals surface area (Å²) in [7, 11) is 3.47. The Bertz CT molecular complexity index is 953. The lowest BCUT2D eigenvalue weighted by molar-refractivity contribution is 0.415. The predicted molar refractivity (Wildman–Crippen MR) is 92.3 cm³/mol. The monoisotopic (exact) mass is 319 g/mol. The number of methoxy groups -OCH3 is 1. The van der Waals surface area contributed by atoms with E-state index >= 15 is 0 Å². The smallest absolute Gasteiger partial charge is 0.142 e. The van der Waals surface area contributed by atoms with Gasteiger partial charge in [-0.15, -0.1) is 0 Å². The van der Waals surface area contributed by atoms with E-state index in [1.54, 1.807) is 18.0 Å². The number of nitrogens with zero attached hydrogens (tertiary/aromatic N) is 4. The molecule has 0 spiro atoms. The molecule has 0 bridgehead atoms. The van der Waals surface area contributed by atoms with Gasteiger partial charge in [-0.2, -0.15) is 10.4 Å². The van der Waals surface area contributed by atoms with Crippen LogP contribution in [-0.2, 0) is 7.05 Å². The molecule has 0 saturated carbocycles. The molecule has 0 radical (unpaired) electrons. The number of nitrogen functional groups attached to an aromatic ring is 1. The predicted octanol–water partition coefficient (Wildman–Crippen LogP) is 2.92. The van der Waals surface area contributed by atoms with Gasteiger partial charge in [0.05, 0.1) is 19.0 Å². The van der Waals surface area contributed by atoms with Crippen LogP contribution < -0.4 is 10.5 Å². The zero-order chi connectivity index (χ0) is 17.3. The minimum Gasteiger partial charge on any atom is -0.497 e. The van der Waals surface area contributed by atoms with Gasteiger partial charge in [0.15, 0.2) is 0 Å². The number of hydrogen-bond acceptors (Lipinski definition) is 5. The summed E-state index contributed by atoms with van der Waals surface area (Å²) in [5.74, 6) is 0.937. The lowest BCUT2D eigenvalue weighted by atomic mass is 9.99. The Hall–Kier alpha value is -3.33. The molecule has 3 aromatic rings. The molecule has 0 aliphatic heterocycles. The third-order valence-corrected chi connectivity index (χ3v) is 4.05. The second-order valence-corrected chi connectivity index (χ2v) is 5.43. The van der Waals surface area contributed by atoms with Crippen LogP contribution in [0.5, 0.6) is 5.75 Å². The number of hydrogen-bond donors (Lipinski definition) is 1. The second-order valence-electron chi connectivity index (χ2n) is 5.43. The SMILES string of the molecule is COc1cccc(-c2cc(-c3cnn(C)c3C)c(C#N)c(N)n2)c1. The number of benzene rings is 1. The van der Waals surface area contributed by atoms with Crippen LogP contribution in [0.25, 0.3) is 22.4 Å². The van der Waals surface area contributed by atoms with Crippen molar-refractivity contribution < 1.29 is 4.74 Å². The first-order chi connectivity index (χ1) is 11.5. The average Bonchev–Trinajstić information content (AvgIpc) is 2.93. The van der Waals surface area contributed by atoms with Gasteiger partial charge < -0.3 is 10.5 Å². The van der Waals surface area contributed by atoms with Crippen LogP contribution in [0.15, 0.2) is 36.5 Å². The first-order valence-corrected chi connectivity index (χ1v) is 7.39. The maximum Gasteiger partial charge on any atom is 0.142 e. The molecule has 1 aromatic carbocycles. The Morgan fingerprint density at radius 3 is 2.67 bits per heavy atom. The zero-order valence-electron chi connectivity index (χ0n) is 13.7. The lowest BCUT2D eigenvalue weighted by Crippen LogP contribution is -2.00. The number of anilines is 1. The van der Waals surface area contributed by atoms with Crippen LogP contribution in [0, 0.1) is 18.3 Å². The van der Waals surface area contributed by atoms with Crippen molar-refractivity contribution in [1.82, 2.24) is 14.8 Å². The first kappa shape index (κ1) is 15.6. The number of ether oxygens (including phenoxy) is 1. The van der Waals surface area contributed by atoms with Crippen molar-refractivity contribution >= 4 is 5.82 Å². The number of rotatable bonds is 3. The van der Waals surface area contributed by atoms with Crippen molar-refractivity contribution in [3.63, 3.8) is 0 Å². The number of aryl methyl sites for hydroxylation is 1. The second kappa shape index (κ2) is 6.05. The molecule has 120 valence electrons. The first-order valence-electron chi connectivity index (χ1n) is 7.39. The van der Waals surface area contributed by atoms with E-state index in [9.17, 15) is 5.26 Å². The highest BCUT2D eigenvalue weighted by atomic mass is 16.5. The summed E-state index contributed by atoms with van der Waals surface area (Å²) in [6.45, 7) is 1.95. The maximum atomic E-state index is 9.48. The Labute approximate surface area is 140 Å². The van der Waals surface area contributed by atoms with E-state index in [1.165, 1.54) is 0 Å². The molecule has 2 heterocycles. The largest absolute Gasteiger partial charge is 0.497 e. The van der Waals surface area contributed by atoms with Gasteiger partial charge in [0.1, 0.15) is 23.2 Å². The summed E-state index contributed by atoms with van der Waals surface area (Å²) in [6, 6.07) is 11.6. The van der Waals surface area contributed by atoms with Crippen molar-refractivity contribution in [3.8, 4) is 34.2 Å². The van der Waals surface area contributed by atoms with Gasteiger partial charge in [0.2, 0.25) is 0 Å². The lowest BCUT2D eigenvalue weighted by Gasteiger charge is -2.10. The van der Waals surface area contributed by atoms with Crippen LogP contribution in [0.3, 0.4) is 0 Å². The van der Waals surface area contributed by atoms with Gasteiger partial charge in [-0.3, -0.25) is 4.68 Å². The van der Waals surface area contributed by atoms with E-state index < -0.39 is 0 Å². The molecule has 0 aliphatic carbocycles. The van der Waals surface area contributed by atoms with Crippen molar-refractivity contribution in [2.45, 2.75) is 6.92 Å². The Morgan fingerprint density at radius 1 is 1.25 bits per heavy atom. The molecule has 0 fully saturated rings. The van der Waals surface area contributed by atoms with Gasteiger partial charge in [-0.1, -0.05) is 12.1 Å². The van der Waals surface area contributed by atoms with Crippen LogP contribution in [0.1, 0.15) is 11.3 Å². The van der Waals surface area contributed by atoms with Crippen LogP contribution in [-0.4, -0.2) is 21.9 Å². The van der Waals surface area contributed by atoms with Gasteiger partial charge in [-0.25, -0.2) is 4.98 Å². The molecule has 6 nitrogen and oxygen atoms in total. The Morgan fingerprint density at radius 2 is 2.04 bits per heavy atom. The maximum absolute atomic E-state index is 9.48. The van der Waals surface area contributed by atoms with Gasteiger partial charge in [-0.05, 0) is 25.1 Å². The minimum absolute atomic E-state index is 0.205. The van der Waals surface area contributed by atoms with Crippen LogP contribution >= 0.6 is 0 Å². The molecule has 3 rings (SSSR count). The fourth-order valence-electron chi connectivity index (χ4n) is 2.59. The fraction of sp³-hybridized carbons (Fsp3) is 0.167. The molecule has 6 heteroatoms. The molecule has 0 unspecified atom stereocenters. The highest BCUT2D eigenvalue weighted by molar-refractivity contribution is 5.81.